The van der Waals surface area contributed by atoms with E-state index < -0.39 is 5.91 Å². The minimum atomic E-state index is -0.715. The van der Waals surface area contributed by atoms with Crippen molar-refractivity contribution in [3.8, 4) is 0 Å². The van der Waals surface area contributed by atoms with Crippen molar-refractivity contribution in [3.63, 3.8) is 0 Å². The van der Waals surface area contributed by atoms with Crippen LogP contribution in [0.5, 0.6) is 0 Å². The molecular formula is C18H24N8O2. The largest absolute Gasteiger partial charge is 0.364 e. The van der Waals surface area contributed by atoms with Crippen molar-refractivity contribution in [1.29, 1.82) is 0 Å². The Labute approximate surface area is 162 Å². The molecule has 148 valence electrons. The molecule has 0 unspecified atom stereocenters. The quantitative estimate of drug-likeness (QED) is 0.625. The van der Waals surface area contributed by atoms with Gasteiger partial charge >= 0.3 is 0 Å². The highest BCUT2D eigenvalue weighted by atomic mass is 16.2. The Morgan fingerprint density at radius 3 is 2.82 bits per heavy atom. The highest BCUT2D eigenvalue weighted by Crippen LogP contribution is 2.25. The normalized spacial score (nSPS) is 19.1. The summed E-state index contributed by atoms with van der Waals surface area (Å²) in [5.74, 6) is -0.317. The van der Waals surface area contributed by atoms with Crippen LogP contribution >= 0.6 is 0 Å². The smallest absolute Gasteiger partial charge is 0.273 e. The number of nitrogens with zero attached hydrogens (tertiary/aromatic N) is 5. The van der Waals surface area contributed by atoms with Crippen LogP contribution in [-0.4, -0.2) is 50.2 Å². The Balaban J connectivity index is 1.88. The number of primary amides is 1. The summed E-state index contributed by atoms with van der Waals surface area (Å²) in [4.78, 5) is 29.9. The van der Waals surface area contributed by atoms with Crippen LogP contribution in [0, 0.1) is 0 Å². The Morgan fingerprint density at radius 1 is 1.39 bits per heavy atom. The van der Waals surface area contributed by atoms with Crippen molar-refractivity contribution in [2.75, 3.05) is 16.8 Å². The van der Waals surface area contributed by atoms with Crippen molar-refractivity contribution in [2.24, 2.45) is 12.8 Å². The standard InChI is InChI=1S/C18H24N8O2/c1-4-14(27)21-13-6-5-8-26(11(13)2)18-22-17(15(16(19)28)23-24-18)20-12-7-9-25(3)10-12/h4,7,9-11,13H,1,5-6,8H2,2-3H3,(H2,19,28)(H,21,27)(H,20,22,24)/t11-,13-/m1/s1. The van der Waals surface area contributed by atoms with Crippen LogP contribution in [0.25, 0.3) is 0 Å². The SMILES string of the molecule is C=CC(=O)N[C@@H]1CCCN(c2nnc(C(N)=O)c(Nc3ccn(C)c3)n2)[C@@H]1C. The van der Waals surface area contributed by atoms with Gasteiger partial charge in [-0.05, 0) is 31.9 Å². The molecule has 1 saturated heterocycles. The minimum Gasteiger partial charge on any atom is -0.364 e. The summed E-state index contributed by atoms with van der Waals surface area (Å²) in [5.41, 5.74) is 6.14. The van der Waals surface area contributed by atoms with Gasteiger partial charge in [-0.2, -0.15) is 4.98 Å². The first-order chi connectivity index (χ1) is 13.4. The predicted octanol–water partition coefficient (Wildman–Crippen LogP) is 0.712. The lowest BCUT2D eigenvalue weighted by Crippen LogP contribution is -2.54. The average molecular weight is 384 g/mol. The second-order valence-electron chi connectivity index (χ2n) is 6.76. The molecule has 0 saturated carbocycles. The molecule has 10 nitrogen and oxygen atoms in total. The third kappa shape index (κ3) is 4.11. The van der Waals surface area contributed by atoms with E-state index in [1.807, 2.05) is 41.9 Å². The molecule has 2 amide bonds. The zero-order chi connectivity index (χ0) is 20.3. The number of anilines is 3. The van der Waals surface area contributed by atoms with Crippen molar-refractivity contribution < 1.29 is 9.59 Å². The van der Waals surface area contributed by atoms with Crippen LogP contribution in [0.15, 0.2) is 31.1 Å². The first kappa shape index (κ1) is 19.3. The predicted molar refractivity (Wildman–Crippen MR) is 105 cm³/mol. The van der Waals surface area contributed by atoms with E-state index >= 15 is 0 Å². The fourth-order valence-electron chi connectivity index (χ4n) is 3.27. The summed E-state index contributed by atoms with van der Waals surface area (Å²) in [5, 5.41) is 14.1. The topological polar surface area (TPSA) is 131 Å². The molecule has 0 bridgehead atoms. The van der Waals surface area contributed by atoms with Gasteiger partial charge in [0.25, 0.3) is 5.91 Å². The molecule has 1 fully saturated rings. The Kier molecular flexibility index (Phi) is 5.57. The van der Waals surface area contributed by atoms with Gasteiger partial charge in [0.05, 0.1) is 5.69 Å². The van der Waals surface area contributed by atoms with Crippen LogP contribution in [0.2, 0.25) is 0 Å². The number of nitrogens with one attached hydrogen (secondary N) is 2. The second-order valence-corrected chi connectivity index (χ2v) is 6.76. The van der Waals surface area contributed by atoms with E-state index in [4.69, 9.17) is 5.73 Å². The molecule has 2 aromatic rings. The molecular weight excluding hydrogens is 360 g/mol. The maximum atomic E-state index is 11.7. The molecule has 0 aromatic carbocycles. The first-order valence-corrected chi connectivity index (χ1v) is 9.02. The number of piperidine rings is 1. The van der Waals surface area contributed by atoms with Crippen LogP contribution in [0.1, 0.15) is 30.3 Å². The Hall–Kier alpha value is -3.43. The summed E-state index contributed by atoms with van der Waals surface area (Å²) < 4.78 is 1.86. The van der Waals surface area contributed by atoms with Gasteiger partial charge < -0.3 is 25.8 Å². The molecule has 0 aliphatic carbocycles. The molecule has 2 aromatic heterocycles. The molecule has 3 heterocycles. The second kappa shape index (κ2) is 8.07. The van der Waals surface area contributed by atoms with Gasteiger partial charge in [0, 0.05) is 38.1 Å². The maximum Gasteiger partial charge on any atom is 0.273 e. The van der Waals surface area contributed by atoms with Gasteiger partial charge in [-0.1, -0.05) is 6.58 Å². The van der Waals surface area contributed by atoms with Crippen LogP contribution in [0.3, 0.4) is 0 Å². The third-order valence-electron chi connectivity index (χ3n) is 4.76. The lowest BCUT2D eigenvalue weighted by atomic mass is 9.97. The number of amides is 2. The van der Waals surface area contributed by atoms with E-state index in [2.05, 4.69) is 32.4 Å². The zero-order valence-corrected chi connectivity index (χ0v) is 15.9. The van der Waals surface area contributed by atoms with Crippen LogP contribution < -0.4 is 21.3 Å². The van der Waals surface area contributed by atoms with E-state index in [0.717, 1.165) is 18.5 Å². The monoisotopic (exact) mass is 384 g/mol. The van der Waals surface area contributed by atoms with Gasteiger partial charge in [-0.3, -0.25) is 9.59 Å². The first-order valence-electron chi connectivity index (χ1n) is 9.02. The van der Waals surface area contributed by atoms with Gasteiger partial charge in [0.2, 0.25) is 11.9 Å². The van der Waals surface area contributed by atoms with E-state index in [9.17, 15) is 9.59 Å². The number of aromatic nitrogens is 4. The number of carbonyl (C=O) groups excluding carboxylic acids is 2. The number of aryl methyl sites for hydroxylation is 1. The summed E-state index contributed by atoms with van der Waals surface area (Å²) in [7, 11) is 1.89. The molecule has 4 N–H and O–H groups in total. The van der Waals surface area contributed by atoms with Crippen molar-refractivity contribution in [1.82, 2.24) is 25.1 Å². The number of hydrogen-bond donors (Lipinski definition) is 3. The van der Waals surface area contributed by atoms with Crippen molar-refractivity contribution in [3.05, 3.63) is 36.8 Å². The molecule has 28 heavy (non-hydrogen) atoms. The molecule has 3 rings (SSSR count). The molecule has 10 heteroatoms. The molecule has 1 aliphatic rings. The Morgan fingerprint density at radius 2 is 2.18 bits per heavy atom. The number of nitrogens with two attached hydrogens (primary N) is 1. The van der Waals surface area contributed by atoms with E-state index in [1.54, 1.807) is 0 Å². The minimum absolute atomic E-state index is 0.0335. The van der Waals surface area contributed by atoms with Gasteiger partial charge in [0.1, 0.15) is 0 Å². The van der Waals surface area contributed by atoms with E-state index in [0.29, 0.717) is 12.5 Å². The fraction of sp³-hybridized carbons (Fsp3) is 0.389. The van der Waals surface area contributed by atoms with Crippen LogP contribution in [-0.2, 0) is 11.8 Å². The molecule has 1 aliphatic heterocycles. The van der Waals surface area contributed by atoms with E-state index in [1.165, 1.54) is 6.08 Å². The lowest BCUT2D eigenvalue weighted by molar-refractivity contribution is -0.117. The Bertz CT molecular complexity index is 893. The molecule has 0 spiro atoms. The molecule has 2 atom stereocenters. The summed E-state index contributed by atoms with van der Waals surface area (Å²) >= 11 is 0. The summed E-state index contributed by atoms with van der Waals surface area (Å²) in [6.07, 6.45) is 6.67. The maximum absolute atomic E-state index is 11.7. The zero-order valence-electron chi connectivity index (χ0n) is 15.9. The average Bonchev–Trinajstić information content (AvgIpc) is 3.07. The van der Waals surface area contributed by atoms with Crippen molar-refractivity contribution >= 4 is 29.3 Å². The highest BCUT2D eigenvalue weighted by molar-refractivity contribution is 5.96. The molecule has 0 radical (unpaired) electrons. The van der Waals surface area contributed by atoms with Gasteiger partial charge in [-0.25, -0.2) is 0 Å². The van der Waals surface area contributed by atoms with Crippen molar-refractivity contribution in [2.45, 2.75) is 31.8 Å². The van der Waals surface area contributed by atoms with Crippen LogP contribution in [0.4, 0.5) is 17.5 Å². The van der Waals surface area contributed by atoms with Gasteiger partial charge in [0.15, 0.2) is 11.5 Å². The van der Waals surface area contributed by atoms with E-state index in [-0.39, 0.29) is 29.5 Å². The number of rotatable bonds is 6. The van der Waals surface area contributed by atoms with Gasteiger partial charge in [-0.15, -0.1) is 10.2 Å². The fourth-order valence-corrected chi connectivity index (χ4v) is 3.27. The highest BCUT2D eigenvalue weighted by Gasteiger charge is 2.31. The number of hydrogen-bond acceptors (Lipinski definition) is 7. The summed E-state index contributed by atoms with van der Waals surface area (Å²) in [6, 6.07) is 1.73. The lowest BCUT2D eigenvalue weighted by Gasteiger charge is -2.39. The summed E-state index contributed by atoms with van der Waals surface area (Å²) in [6.45, 7) is 6.19. The third-order valence-corrected chi connectivity index (χ3v) is 4.76. The number of carbonyl (C=O) groups is 2.